The fourth-order valence-electron chi connectivity index (χ4n) is 5.33. The number of nitrogens with zero attached hydrogens (tertiary/aromatic N) is 3. The summed E-state index contributed by atoms with van der Waals surface area (Å²) in [6, 6.07) is 15.9. The average molecular weight is 433 g/mol. The average Bonchev–Trinajstić information content (AvgIpc) is 3.30. The van der Waals surface area contributed by atoms with Gasteiger partial charge >= 0.3 is 0 Å². The molecule has 2 saturated heterocycles. The minimum atomic E-state index is -0.0681. The van der Waals surface area contributed by atoms with Gasteiger partial charge in [0.05, 0.1) is 50.1 Å². The van der Waals surface area contributed by atoms with Crippen molar-refractivity contribution in [2.75, 3.05) is 51.3 Å². The fourth-order valence-corrected chi connectivity index (χ4v) is 5.33. The van der Waals surface area contributed by atoms with Crippen LogP contribution in [0.1, 0.15) is 23.6 Å². The molecule has 2 aromatic rings. The monoisotopic (exact) mass is 432 g/mol. The molecular formula is C25H28N4O3. The summed E-state index contributed by atoms with van der Waals surface area (Å²) in [5.41, 5.74) is 4.69. The number of carbonyl (C=O) groups excluding carboxylic acids is 1. The number of likely N-dealkylation sites (tertiary alicyclic amines) is 1. The zero-order chi connectivity index (χ0) is 22.1. The van der Waals surface area contributed by atoms with Gasteiger partial charge in [-0.2, -0.15) is 5.26 Å². The van der Waals surface area contributed by atoms with Crippen LogP contribution in [0.25, 0.3) is 11.1 Å². The van der Waals surface area contributed by atoms with Crippen LogP contribution >= 0.6 is 0 Å². The highest BCUT2D eigenvalue weighted by atomic mass is 16.5. The van der Waals surface area contributed by atoms with Crippen molar-refractivity contribution in [1.82, 2.24) is 9.80 Å². The largest absolute Gasteiger partial charge is 0.394 e. The lowest BCUT2D eigenvalue weighted by Gasteiger charge is -2.40. The second kappa shape index (κ2) is 8.91. The molecule has 2 aromatic carbocycles. The van der Waals surface area contributed by atoms with Crippen LogP contribution in [0.15, 0.2) is 42.5 Å². The number of aliphatic hydroxyl groups is 1. The first kappa shape index (κ1) is 21.0. The first-order valence-electron chi connectivity index (χ1n) is 11.3. The van der Waals surface area contributed by atoms with E-state index in [1.807, 2.05) is 35.2 Å². The molecule has 0 radical (unpaired) electrons. The van der Waals surface area contributed by atoms with Gasteiger partial charge < -0.3 is 20.1 Å². The first-order valence-corrected chi connectivity index (χ1v) is 11.3. The maximum absolute atomic E-state index is 13.3. The predicted molar refractivity (Wildman–Crippen MR) is 121 cm³/mol. The van der Waals surface area contributed by atoms with Crippen molar-refractivity contribution in [1.29, 1.82) is 5.26 Å². The van der Waals surface area contributed by atoms with E-state index < -0.39 is 0 Å². The van der Waals surface area contributed by atoms with Crippen molar-refractivity contribution in [2.24, 2.45) is 5.92 Å². The molecule has 3 aliphatic rings. The summed E-state index contributed by atoms with van der Waals surface area (Å²) in [6.45, 7) is 4.05. The van der Waals surface area contributed by atoms with E-state index in [-0.39, 0.29) is 30.5 Å². The van der Waals surface area contributed by atoms with Crippen LogP contribution < -0.4 is 5.32 Å². The Balaban J connectivity index is 1.48. The third-order valence-electron chi connectivity index (χ3n) is 6.98. The van der Waals surface area contributed by atoms with E-state index in [2.05, 4.69) is 22.4 Å². The van der Waals surface area contributed by atoms with Gasteiger partial charge in [0.1, 0.15) is 0 Å². The molecule has 0 saturated carbocycles. The number of fused-ring (bicyclic) bond motifs is 3. The van der Waals surface area contributed by atoms with E-state index in [9.17, 15) is 15.2 Å². The van der Waals surface area contributed by atoms with Crippen molar-refractivity contribution < 1.29 is 14.6 Å². The van der Waals surface area contributed by atoms with Gasteiger partial charge in [-0.15, -0.1) is 0 Å². The molecule has 0 unspecified atom stereocenters. The minimum absolute atomic E-state index is 0.0397. The Morgan fingerprint density at radius 1 is 1.16 bits per heavy atom. The van der Waals surface area contributed by atoms with Crippen LogP contribution in [0.4, 0.5) is 5.69 Å². The molecule has 166 valence electrons. The van der Waals surface area contributed by atoms with Crippen LogP contribution in [-0.4, -0.2) is 72.9 Å². The van der Waals surface area contributed by atoms with E-state index in [1.165, 1.54) is 0 Å². The standard InChI is InChI=1S/C25H28N4O3/c26-14-17-2-1-3-18(12-17)19-4-5-22-21(13-19)25-20(23(16-30)27-22)6-7-29(25)24(31)15-28-8-10-32-11-9-28/h1-5,12-13,20,23,25,27,30H,6-11,15-16H2/t20-,23+,25-/m0/s1. The summed E-state index contributed by atoms with van der Waals surface area (Å²) < 4.78 is 5.42. The lowest BCUT2D eigenvalue weighted by Crippen LogP contribution is -2.47. The Morgan fingerprint density at radius 2 is 1.97 bits per heavy atom. The SMILES string of the molecule is N#Cc1cccc(-c2ccc3c(c2)[C@@H]2[C@@H](CCN2C(=O)CN2CCOCC2)[C@@H](CO)N3)c1. The molecule has 2 fully saturated rings. The Labute approximate surface area is 188 Å². The molecular weight excluding hydrogens is 404 g/mol. The Bertz CT molecular complexity index is 1040. The van der Waals surface area contributed by atoms with E-state index in [0.29, 0.717) is 31.9 Å². The second-order valence-electron chi connectivity index (χ2n) is 8.80. The number of anilines is 1. The topological polar surface area (TPSA) is 88.8 Å². The van der Waals surface area contributed by atoms with Gasteiger partial charge in [-0.25, -0.2) is 0 Å². The number of nitriles is 1. The van der Waals surface area contributed by atoms with Crippen molar-refractivity contribution in [2.45, 2.75) is 18.5 Å². The third kappa shape index (κ3) is 3.86. The van der Waals surface area contributed by atoms with Crippen LogP contribution in [0.5, 0.6) is 0 Å². The number of ether oxygens (including phenoxy) is 1. The van der Waals surface area contributed by atoms with Crippen LogP contribution in [0.2, 0.25) is 0 Å². The molecule has 5 rings (SSSR count). The Morgan fingerprint density at radius 3 is 2.75 bits per heavy atom. The first-order chi connectivity index (χ1) is 15.7. The van der Waals surface area contributed by atoms with Gasteiger partial charge in [0.2, 0.25) is 5.91 Å². The highest BCUT2D eigenvalue weighted by Gasteiger charge is 2.45. The smallest absolute Gasteiger partial charge is 0.237 e. The predicted octanol–water partition coefficient (Wildman–Crippen LogP) is 2.23. The molecule has 0 aromatic heterocycles. The second-order valence-corrected chi connectivity index (χ2v) is 8.80. The molecule has 1 amide bonds. The summed E-state index contributed by atoms with van der Waals surface area (Å²) in [5, 5.41) is 22.8. The van der Waals surface area contributed by atoms with E-state index in [1.54, 1.807) is 6.07 Å². The summed E-state index contributed by atoms with van der Waals surface area (Å²) in [7, 11) is 0. The molecule has 7 heteroatoms. The fraction of sp³-hybridized carbons (Fsp3) is 0.440. The normalized spacial score (nSPS) is 24.9. The molecule has 3 heterocycles. The number of rotatable bonds is 4. The van der Waals surface area contributed by atoms with Crippen LogP contribution in [0, 0.1) is 17.2 Å². The summed E-state index contributed by atoms with van der Waals surface area (Å²) >= 11 is 0. The number of aliphatic hydroxyl groups excluding tert-OH is 1. The number of nitrogens with one attached hydrogen (secondary N) is 1. The highest BCUT2D eigenvalue weighted by Crippen LogP contribution is 2.47. The number of carbonyl (C=O) groups is 1. The van der Waals surface area contributed by atoms with E-state index in [0.717, 1.165) is 41.9 Å². The summed E-state index contributed by atoms with van der Waals surface area (Å²) in [6.07, 6.45) is 0.866. The van der Waals surface area contributed by atoms with Gasteiger partial charge in [-0.1, -0.05) is 18.2 Å². The summed E-state index contributed by atoms with van der Waals surface area (Å²) in [5.74, 6) is 0.308. The molecule has 0 aliphatic carbocycles. The van der Waals surface area contributed by atoms with Gasteiger partial charge in [0, 0.05) is 31.2 Å². The molecule has 3 aliphatic heterocycles. The van der Waals surface area contributed by atoms with Crippen molar-refractivity contribution >= 4 is 11.6 Å². The molecule has 32 heavy (non-hydrogen) atoms. The third-order valence-corrected chi connectivity index (χ3v) is 6.98. The van der Waals surface area contributed by atoms with Gasteiger partial charge in [0.25, 0.3) is 0 Å². The van der Waals surface area contributed by atoms with Crippen molar-refractivity contribution in [3.63, 3.8) is 0 Å². The van der Waals surface area contributed by atoms with Gasteiger partial charge in [-0.3, -0.25) is 9.69 Å². The number of benzene rings is 2. The lowest BCUT2D eigenvalue weighted by atomic mass is 9.82. The quantitative estimate of drug-likeness (QED) is 0.770. The molecule has 7 nitrogen and oxygen atoms in total. The summed E-state index contributed by atoms with van der Waals surface area (Å²) in [4.78, 5) is 17.5. The number of amides is 1. The van der Waals surface area contributed by atoms with Gasteiger partial charge in [0.15, 0.2) is 0 Å². The van der Waals surface area contributed by atoms with Crippen LogP contribution in [-0.2, 0) is 9.53 Å². The maximum Gasteiger partial charge on any atom is 0.237 e. The zero-order valence-electron chi connectivity index (χ0n) is 18.0. The van der Waals surface area contributed by atoms with Gasteiger partial charge in [-0.05, 0) is 47.4 Å². The molecule has 3 atom stereocenters. The van der Waals surface area contributed by atoms with Crippen LogP contribution in [0.3, 0.4) is 0 Å². The maximum atomic E-state index is 13.3. The molecule has 0 spiro atoms. The molecule has 0 bridgehead atoms. The van der Waals surface area contributed by atoms with E-state index in [4.69, 9.17) is 4.74 Å². The Kier molecular flexibility index (Phi) is 5.83. The minimum Gasteiger partial charge on any atom is -0.394 e. The molecule has 2 N–H and O–H groups in total. The Hall–Kier alpha value is -2.92. The number of hydrogen-bond acceptors (Lipinski definition) is 6. The number of hydrogen-bond donors (Lipinski definition) is 2. The van der Waals surface area contributed by atoms with Crippen molar-refractivity contribution in [3.05, 3.63) is 53.6 Å². The van der Waals surface area contributed by atoms with Crippen molar-refractivity contribution in [3.8, 4) is 17.2 Å². The highest BCUT2D eigenvalue weighted by molar-refractivity contribution is 5.80. The van der Waals surface area contributed by atoms with E-state index >= 15 is 0 Å². The zero-order valence-corrected chi connectivity index (χ0v) is 18.0. The number of morpholine rings is 1. The lowest BCUT2D eigenvalue weighted by molar-refractivity contribution is -0.134.